The smallest absolute Gasteiger partial charge is 0.0180 e. The lowest BCUT2D eigenvalue weighted by Gasteiger charge is -2.12. The Labute approximate surface area is 107 Å². The first-order chi connectivity index (χ1) is 7.48. The number of hydrogen-bond acceptors (Lipinski definition) is 1. The number of hydrogen-bond donors (Lipinski definition) is 1. The molecular weight excluding hydrogens is 262 g/mol. The van der Waals surface area contributed by atoms with Crippen LogP contribution >= 0.6 is 15.9 Å². The second kappa shape index (κ2) is 4.50. The van der Waals surface area contributed by atoms with Crippen molar-refractivity contribution in [2.45, 2.75) is 51.0 Å². The molecule has 88 valence electrons. The molecule has 0 bridgehead atoms. The van der Waals surface area contributed by atoms with Crippen LogP contribution in [0.2, 0.25) is 0 Å². The summed E-state index contributed by atoms with van der Waals surface area (Å²) in [6, 6.07) is 6.75. The van der Waals surface area contributed by atoms with E-state index in [9.17, 15) is 0 Å². The van der Waals surface area contributed by atoms with Gasteiger partial charge in [-0.05, 0) is 54.9 Å². The predicted molar refractivity (Wildman–Crippen MR) is 72.7 cm³/mol. The maximum Gasteiger partial charge on any atom is 0.0180 e. The minimum atomic E-state index is 0.167. The lowest BCUT2D eigenvalue weighted by atomic mass is 9.97. The number of nitrogens with two attached hydrogens (primary N) is 1. The molecule has 1 saturated carbocycles. The molecule has 1 fully saturated rings. The highest BCUT2D eigenvalue weighted by molar-refractivity contribution is 9.10. The largest absolute Gasteiger partial charge is 0.325 e. The van der Waals surface area contributed by atoms with Gasteiger partial charge >= 0.3 is 0 Å². The molecule has 16 heavy (non-hydrogen) atoms. The van der Waals surface area contributed by atoms with E-state index in [-0.39, 0.29) is 5.54 Å². The van der Waals surface area contributed by atoms with Crippen LogP contribution in [0.25, 0.3) is 0 Å². The van der Waals surface area contributed by atoms with Crippen LogP contribution in [0.5, 0.6) is 0 Å². The van der Waals surface area contributed by atoms with Crippen LogP contribution in [-0.2, 0) is 6.42 Å². The molecule has 0 aliphatic heterocycles. The van der Waals surface area contributed by atoms with E-state index < -0.39 is 0 Å². The Hall–Kier alpha value is -0.340. The highest BCUT2D eigenvalue weighted by Gasteiger charge is 2.37. The first-order valence-electron chi connectivity index (χ1n) is 6.07. The Morgan fingerprint density at radius 3 is 2.56 bits per heavy atom. The molecular formula is C14H20BrN. The Morgan fingerprint density at radius 1 is 1.31 bits per heavy atom. The van der Waals surface area contributed by atoms with Gasteiger partial charge in [-0.3, -0.25) is 0 Å². The zero-order valence-corrected chi connectivity index (χ0v) is 11.7. The highest BCUT2D eigenvalue weighted by atomic mass is 79.9. The summed E-state index contributed by atoms with van der Waals surface area (Å²) in [6.07, 6.45) is 4.65. The topological polar surface area (TPSA) is 26.0 Å². The molecule has 0 spiro atoms. The summed E-state index contributed by atoms with van der Waals surface area (Å²) in [7, 11) is 0. The van der Waals surface area contributed by atoms with Gasteiger partial charge in [0.2, 0.25) is 0 Å². The van der Waals surface area contributed by atoms with E-state index in [1.165, 1.54) is 28.4 Å². The molecule has 2 heteroatoms. The van der Waals surface area contributed by atoms with Gasteiger partial charge in [-0.25, -0.2) is 0 Å². The molecule has 1 aromatic carbocycles. The van der Waals surface area contributed by atoms with Gasteiger partial charge in [-0.1, -0.05) is 35.8 Å². The minimum Gasteiger partial charge on any atom is -0.325 e. The van der Waals surface area contributed by atoms with Gasteiger partial charge in [0.25, 0.3) is 0 Å². The van der Waals surface area contributed by atoms with Crippen LogP contribution in [-0.4, -0.2) is 5.54 Å². The molecule has 1 nitrogen and oxygen atoms in total. The summed E-state index contributed by atoms with van der Waals surface area (Å²) in [6.45, 7) is 4.47. The van der Waals surface area contributed by atoms with Gasteiger partial charge in [0.1, 0.15) is 0 Å². The van der Waals surface area contributed by atoms with Gasteiger partial charge in [0.05, 0.1) is 0 Å². The highest BCUT2D eigenvalue weighted by Crippen LogP contribution is 2.37. The van der Waals surface area contributed by atoms with Crippen molar-refractivity contribution in [3.63, 3.8) is 0 Å². The second-order valence-corrected chi connectivity index (χ2v) is 6.33. The Kier molecular flexibility index (Phi) is 3.41. The minimum absolute atomic E-state index is 0.167. The average Bonchev–Trinajstić information content (AvgIpc) is 2.94. The standard InChI is InChI=1S/C14H20BrN/c1-10(2)12-7-11(8-13(15)9-12)3-4-14(16)5-6-14/h7-10H,3-6,16H2,1-2H3. The van der Waals surface area contributed by atoms with E-state index in [0.29, 0.717) is 5.92 Å². The number of aryl methyl sites for hydroxylation is 1. The quantitative estimate of drug-likeness (QED) is 0.887. The fraction of sp³-hybridized carbons (Fsp3) is 0.571. The fourth-order valence-corrected chi connectivity index (χ4v) is 2.52. The van der Waals surface area contributed by atoms with Crippen molar-refractivity contribution >= 4 is 15.9 Å². The maximum atomic E-state index is 6.12. The van der Waals surface area contributed by atoms with Gasteiger partial charge in [0, 0.05) is 10.0 Å². The summed E-state index contributed by atoms with van der Waals surface area (Å²) in [5, 5.41) is 0. The summed E-state index contributed by atoms with van der Waals surface area (Å²) < 4.78 is 1.19. The molecule has 0 aromatic heterocycles. The third kappa shape index (κ3) is 3.08. The first kappa shape index (κ1) is 12.1. The molecule has 1 aliphatic carbocycles. The SMILES string of the molecule is CC(C)c1cc(Br)cc(CCC2(N)CC2)c1. The maximum absolute atomic E-state index is 6.12. The Balaban J connectivity index is 2.07. The molecule has 0 radical (unpaired) electrons. The van der Waals surface area contributed by atoms with E-state index in [0.717, 1.165) is 12.8 Å². The molecule has 0 unspecified atom stereocenters. The molecule has 0 heterocycles. The summed E-state index contributed by atoms with van der Waals surface area (Å²) in [4.78, 5) is 0. The average molecular weight is 282 g/mol. The molecule has 0 saturated heterocycles. The van der Waals surface area contributed by atoms with Crippen LogP contribution in [0.1, 0.15) is 50.2 Å². The lowest BCUT2D eigenvalue weighted by Crippen LogP contribution is -2.22. The molecule has 2 N–H and O–H groups in total. The lowest BCUT2D eigenvalue weighted by molar-refractivity contribution is 0.608. The van der Waals surface area contributed by atoms with Gasteiger partial charge in [0.15, 0.2) is 0 Å². The van der Waals surface area contributed by atoms with E-state index in [1.54, 1.807) is 0 Å². The van der Waals surface area contributed by atoms with Crippen LogP contribution < -0.4 is 5.73 Å². The van der Waals surface area contributed by atoms with Crippen molar-refractivity contribution in [2.75, 3.05) is 0 Å². The summed E-state index contributed by atoms with van der Waals surface area (Å²) in [5.41, 5.74) is 9.11. The molecule has 2 rings (SSSR count). The first-order valence-corrected chi connectivity index (χ1v) is 6.86. The van der Waals surface area contributed by atoms with Crippen molar-refractivity contribution in [1.82, 2.24) is 0 Å². The summed E-state index contributed by atoms with van der Waals surface area (Å²) >= 11 is 3.59. The van der Waals surface area contributed by atoms with Gasteiger partial charge in [-0.15, -0.1) is 0 Å². The number of benzene rings is 1. The zero-order chi connectivity index (χ0) is 11.8. The van der Waals surface area contributed by atoms with Crippen molar-refractivity contribution < 1.29 is 0 Å². The van der Waals surface area contributed by atoms with Crippen LogP contribution in [0.3, 0.4) is 0 Å². The summed E-state index contributed by atoms with van der Waals surface area (Å²) in [5.74, 6) is 0.587. The number of halogens is 1. The fourth-order valence-electron chi connectivity index (χ4n) is 1.96. The molecule has 0 amide bonds. The third-order valence-electron chi connectivity index (χ3n) is 3.45. The van der Waals surface area contributed by atoms with Crippen LogP contribution in [0, 0.1) is 0 Å². The van der Waals surface area contributed by atoms with Crippen molar-refractivity contribution in [2.24, 2.45) is 5.73 Å². The van der Waals surface area contributed by atoms with Crippen molar-refractivity contribution in [1.29, 1.82) is 0 Å². The number of rotatable bonds is 4. The monoisotopic (exact) mass is 281 g/mol. The molecule has 1 aromatic rings. The second-order valence-electron chi connectivity index (χ2n) is 5.41. The van der Waals surface area contributed by atoms with Gasteiger partial charge in [-0.2, -0.15) is 0 Å². The van der Waals surface area contributed by atoms with Crippen molar-refractivity contribution in [3.05, 3.63) is 33.8 Å². The third-order valence-corrected chi connectivity index (χ3v) is 3.91. The van der Waals surface area contributed by atoms with Crippen LogP contribution in [0.15, 0.2) is 22.7 Å². The van der Waals surface area contributed by atoms with E-state index in [4.69, 9.17) is 5.73 Å². The predicted octanol–water partition coefficient (Wildman–Crippen LogP) is 4.00. The van der Waals surface area contributed by atoms with Crippen molar-refractivity contribution in [3.8, 4) is 0 Å². The Morgan fingerprint density at radius 2 is 2.00 bits per heavy atom. The normalized spacial score (nSPS) is 17.8. The van der Waals surface area contributed by atoms with E-state index in [2.05, 4.69) is 48.0 Å². The van der Waals surface area contributed by atoms with E-state index in [1.807, 2.05) is 0 Å². The van der Waals surface area contributed by atoms with E-state index >= 15 is 0 Å². The molecule has 1 aliphatic rings. The molecule has 0 atom stereocenters. The van der Waals surface area contributed by atoms with Gasteiger partial charge < -0.3 is 5.73 Å². The van der Waals surface area contributed by atoms with Crippen LogP contribution in [0.4, 0.5) is 0 Å². The zero-order valence-electron chi connectivity index (χ0n) is 10.1. The Bertz CT molecular complexity index is 380.